The summed E-state index contributed by atoms with van der Waals surface area (Å²) >= 11 is 0. The van der Waals surface area contributed by atoms with Crippen molar-refractivity contribution in [2.24, 2.45) is 39.9 Å². The Morgan fingerprint density at radius 1 is 0.957 bits per heavy atom. The number of hydrogen-bond acceptors (Lipinski definition) is 3. The number of rotatable bonds is 0. The van der Waals surface area contributed by atoms with Crippen molar-refractivity contribution < 1.29 is 14.6 Å². The van der Waals surface area contributed by atoms with Crippen LogP contribution in [-0.4, -0.2) is 23.8 Å². The van der Waals surface area contributed by atoms with Crippen LogP contribution in [0.3, 0.4) is 0 Å². The number of cyclic esters (lactones) is 1. The maximum atomic E-state index is 12.1. The third-order valence-corrected chi connectivity index (χ3v) is 8.88. The second-order valence-electron chi connectivity index (χ2n) is 9.95. The van der Waals surface area contributed by atoms with Crippen molar-refractivity contribution in [1.29, 1.82) is 0 Å². The lowest BCUT2D eigenvalue weighted by Gasteiger charge is -2.66. The van der Waals surface area contributed by atoms with Crippen LogP contribution < -0.4 is 0 Å². The molecule has 0 aromatic carbocycles. The van der Waals surface area contributed by atoms with Crippen LogP contribution in [0.15, 0.2) is 0 Å². The zero-order valence-electron chi connectivity index (χ0n) is 15.1. The normalized spacial score (nSPS) is 54.7. The molecule has 3 nitrogen and oxygen atoms in total. The van der Waals surface area contributed by atoms with Crippen LogP contribution >= 0.6 is 0 Å². The Hall–Kier alpha value is -0.570. The topological polar surface area (TPSA) is 46.5 Å². The molecule has 4 fully saturated rings. The molecule has 0 unspecified atom stereocenters. The molecule has 0 spiro atoms. The summed E-state index contributed by atoms with van der Waals surface area (Å²) in [6.45, 7) is 10.1. The molecular weight excluding hydrogens is 288 g/mol. The van der Waals surface area contributed by atoms with Gasteiger partial charge in [0.2, 0.25) is 0 Å². The lowest BCUT2D eigenvalue weighted by molar-refractivity contribution is -0.196. The van der Waals surface area contributed by atoms with E-state index in [1.807, 2.05) is 0 Å². The molecule has 3 heteroatoms. The molecule has 4 aliphatic rings. The van der Waals surface area contributed by atoms with Gasteiger partial charge < -0.3 is 9.84 Å². The lowest BCUT2D eigenvalue weighted by atomic mass is 9.38. The summed E-state index contributed by atoms with van der Waals surface area (Å²) in [6, 6.07) is 0. The number of hydrogen-bond donors (Lipinski definition) is 1. The van der Waals surface area contributed by atoms with Crippen LogP contribution in [0.4, 0.5) is 0 Å². The molecule has 1 N–H and O–H groups in total. The predicted octanol–water partition coefficient (Wildman–Crippen LogP) is 3.79. The second-order valence-corrected chi connectivity index (χ2v) is 9.95. The van der Waals surface area contributed by atoms with Crippen LogP contribution in [0.2, 0.25) is 0 Å². The Labute approximate surface area is 140 Å². The van der Waals surface area contributed by atoms with Gasteiger partial charge in [0.05, 0.1) is 18.6 Å². The first-order chi connectivity index (χ1) is 10.7. The van der Waals surface area contributed by atoms with Crippen molar-refractivity contribution in [2.75, 3.05) is 6.61 Å². The van der Waals surface area contributed by atoms with E-state index in [2.05, 4.69) is 27.7 Å². The molecule has 0 aromatic rings. The Kier molecular flexibility index (Phi) is 3.28. The molecule has 0 bridgehead atoms. The molecule has 1 saturated heterocycles. The van der Waals surface area contributed by atoms with Gasteiger partial charge in [0.15, 0.2) is 0 Å². The fourth-order valence-electron chi connectivity index (χ4n) is 7.56. The molecule has 3 aliphatic carbocycles. The smallest absolute Gasteiger partial charge is 0.309 e. The molecule has 7 atom stereocenters. The number of carbonyl (C=O) groups excluding carboxylic acids is 1. The minimum Gasteiger partial charge on any atom is -0.465 e. The molecule has 23 heavy (non-hydrogen) atoms. The van der Waals surface area contributed by atoms with Crippen LogP contribution in [0, 0.1) is 39.9 Å². The molecule has 0 radical (unpaired) electrons. The monoisotopic (exact) mass is 320 g/mol. The van der Waals surface area contributed by atoms with Crippen LogP contribution in [-0.2, 0) is 9.53 Å². The third kappa shape index (κ3) is 1.89. The molecule has 130 valence electrons. The maximum absolute atomic E-state index is 12.1. The van der Waals surface area contributed by atoms with E-state index in [0.29, 0.717) is 29.8 Å². The summed E-state index contributed by atoms with van der Waals surface area (Å²) in [5.41, 5.74) is 0.540. The Morgan fingerprint density at radius 3 is 2.39 bits per heavy atom. The molecule has 3 saturated carbocycles. The molecule has 4 rings (SSSR count). The first kappa shape index (κ1) is 15.9. The quantitative estimate of drug-likeness (QED) is 0.691. The zero-order chi connectivity index (χ0) is 16.6. The van der Waals surface area contributed by atoms with Crippen molar-refractivity contribution in [3.63, 3.8) is 0 Å². The first-order valence-corrected chi connectivity index (χ1v) is 9.56. The highest BCUT2D eigenvalue weighted by Gasteiger charge is 2.65. The Bertz CT molecular complexity index is 527. The van der Waals surface area contributed by atoms with E-state index in [4.69, 9.17) is 4.74 Å². The summed E-state index contributed by atoms with van der Waals surface area (Å²) in [5, 5.41) is 10.6. The number of carbonyl (C=O) groups is 1. The SMILES string of the molecule is CC1(C)[C@H](O)CC[C@@]2(C)[C@@H]3CC[C@@H]4C(=O)OC[C@@H]4[C@@]3(C)CC[C@H]12. The van der Waals surface area contributed by atoms with Gasteiger partial charge in [-0.1, -0.05) is 27.7 Å². The molecule has 1 heterocycles. The van der Waals surface area contributed by atoms with E-state index in [0.717, 1.165) is 25.7 Å². The molecular formula is C20H32O3. The van der Waals surface area contributed by atoms with Gasteiger partial charge in [0.25, 0.3) is 0 Å². The summed E-state index contributed by atoms with van der Waals surface area (Å²) in [4.78, 5) is 12.1. The van der Waals surface area contributed by atoms with Crippen molar-refractivity contribution in [3.05, 3.63) is 0 Å². The van der Waals surface area contributed by atoms with Crippen molar-refractivity contribution in [3.8, 4) is 0 Å². The van der Waals surface area contributed by atoms with Gasteiger partial charge in [0, 0.05) is 5.92 Å². The Morgan fingerprint density at radius 2 is 1.65 bits per heavy atom. The minimum absolute atomic E-state index is 0.00712. The number of aliphatic hydroxyl groups excluding tert-OH is 1. The Balaban J connectivity index is 1.72. The fraction of sp³-hybridized carbons (Fsp3) is 0.950. The standard InChI is InChI=1S/C20H32O3/c1-18(2)14-7-9-19(3)13-11-23-17(22)12(13)5-6-15(19)20(14,4)10-8-16(18)21/h12-16,21H,5-11H2,1-4H3/t12-,13-,14+,15+,16+,19+,20+/m0/s1. The van der Waals surface area contributed by atoms with E-state index in [-0.39, 0.29) is 28.8 Å². The number of fused-ring (bicyclic) bond motifs is 5. The summed E-state index contributed by atoms with van der Waals surface area (Å²) < 4.78 is 5.46. The predicted molar refractivity (Wildman–Crippen MR) is 88.6 cm³/mol. The van der Waals surface area contributed by atoms with Crippen molar-refractivity contribution in [1.82, 2.24) is 0 Å². The van der Waals surface area contributed by atoms with Crippen LogP contribution in [0.1, 0.15) is 66.2 Å². The van der Waals surface area contributed by atoms with Crippen LogP contribution in [0.25, 0.3) is 0 Å². The summed E-state index contributed by atoms with van der Waals surface area (Å²) in [6.07, 6.45) is 6.43. The van der Waals surface area contributed by atoms with Gasteiger partial charge in [-0.15, -0.1) is 0 Å². The zero-order valence-corrected chi connectivity index (χ0v) is 15.1. The van der Waals surface area contributed by atoms with Crippen molar-refractivity contribution >= 4 is 5.97 Å². The number of esters is 1. The van der Waals surface area contributed by atoms with Gasteiger partial charge in [-0.2, -0.15) is 0 Å². The van der Waals surface area contributed by atoms with E-state index >= 15 is 0 Å². The highest BCUT2D eigenvalue weighted by atomic mass is 16.5. The van der Waals surface area contributed by atoms with Gasteiger partial charge in [0.1, 0.15) is 0 Å². The third-order valence-electron chi connectivity index (χ3n) is 8.88. The largest absolute Gasteiger partial charge is 0.465 e. The average Bonchev–Trinajstić information content (AvgIpc) is 2.86. The van der Waals surface area contributed by atoms with Crippen molar-refractivity contribution in [2.45, 2.75) is 72.3 Å². The van der Waals surface area contributed by atoms with Gasteiger partial charge in [-0.05, 0) is 66.6 Å². The summed E-state index contributed by atoms with van der Waals surface area (Å²) in [7, 11) is 0. The second kappa shape index (κ2) is 4.74. The minimum atomic E-state index is -0.169. The number of ether oxygens (including phenoxy) is 1. The molecule has 0 aromatic heterocycles. The molecule has 0 amide bonds. The first-order valence-electron chi connectivity index (χ1n) is 9.56. The van der Waals surface area contributed by atoms with E-state index in [1.165, 1.54) is 12.8 Å². The van der Waals surface area contributed by atoms with E-state index in [1.54, 1.807) is 0 Å². The highest BCUT2D eigenvalue weighted by Crippen LogP contribution is 2.69. The molecule has 1 aliphatic heterocycles. The van der Waals surface area contributed by atoms with Gasteiger partial charge in [-0.3, -0.25) is 4.79 Å². The summed E-state index contributed by atoms with van der Waals surface area (Å²) in [5.74, 6) is 1.88. The average molecular weight is 320 g/mol. The fourth-order valence-corrected chi connectivity index (χ4v) is 7.56. The number of aliphatic hydroxyl groups is 1. The van der Waals surface area contributed by atoms with Crippen LogP contribution in [0.5, 0.6) is 0 Å². The van der Waals surface area contributed by atoms with Gasteiger partial charge in [-0.25, -0.2) is 0 Å². The van der Waals surface area contributed by atoms with Gasteiger partial charge >= 0.3 is 5.97 Å². The van der Waals surface area contributed by atoms with E-state index < -0.39 is 0 Å². The highest BCUT2D eigenvalue weighted by molar-refractivity contribution is 5.75. The maximum Gasteiger partial charge on any atom is 0.309 e. The van der Waals surface area contributed by atoms with E-state index in [9.17, 15) is 9.90 Å². The lowest BCUT2D eigenvalue weighted by Crippen LogP contribution is -2.61.